The standard InChI is InChI=1S/C10H15N5O/c1-4-5-6-7(2)12-14-10-11-9(16)8(3)13-15-10/h4H,1,5-6H2,2-3H3,(H2,11,14,15,16)/b12-7-. The summed E-state index contributed by atoms with van der Waals surface area (Å²) < 4.78 is 0. The van der Waals surface area contributed by atoms with Crippen molar-refractivity contribution in [3.8, 4) is 0 Å². The molecule has 0 aliphatic carbocycles. The average molecular weight is 221 g/mol. The van der Waals surface area contributed by atoms with Gasteiger partial charge in [-0.05, 0) is 26.7 Å². The van der Waals surface area contributed by atoms with E-state index in [0.717, 1.165) is 18.6 Å². The highest BCUT2D eigenvalue weighted by Crippen LogP contribution is 1.96. The van der Waals surface area contributed by atoms with Crippen molar-refractivity contribution in [2.75, 3.05) is 5.43 Å². The molecule has 0 atom stereocenters. The molecule has 0 unspecified atom stereocenters. The molecule has 0 amide bonds. The van der Waals surface area contributed by atoms with Crippen molar-refractivity contribution >= 4 is 11.7 Å². The van der Waals surface area contributed by atoms with Gasteiger partial charge in [0.05, 0.1) is 0 Å². The Kier molecular flexibility index (Phi) is 4.38. The maximum atomic E-state index is 11.2. The Balaban J connectivity index is 2.63. The lowest BCUT2D eigenvalue weighted by molar-refractivity contribution is 0.895. The number of aromatic amines is 1. The second kappa shape index (κ2) is 5.79. The third-order valence-corrected chi connectivity index (χ3v) is 1.92. The molecule has 0 aliphatic rings. The Labute approximate surface area is 93.5 Å². The van der Waals surface area contributed by atoms with E-state index in [-0.39, 0.29) is 11.5 Å². The minimum atomic E-state index is -0.267. The highest BCUT2D eigenvalue weighted by molar-refractivity contribution is 5.82. The molecule has 1 aromatic rings. The smallest absolute Gasteiger partial charge is 0.274 e. The summed E-state index contributed by atoms with van der Waals surface area (Å²) in [5, 5.41) is 11.5. The van der Waals surface area contributed by atoms with Gasteiger partial charge >= 0.3 is 0 Å². The zero-order valence-corrected chi connectivity index (χ0v) is 9.45. The quantitative estimate of drug-likeness (QED) is 0.445. The van der Waals surface area contributed by atoms with Crippen molar-refractivity contribution < 1.29 is 0 Å². The first-order valence-corrected chi connectivity index (χ1v) is 4.97. The molecule has 2 N–H and O–H groups in total. The molecule has 0 aliphatic heterocycles. The molecule has 0 bridgehead atoms. The van der Waals surface area contributed by atoms with Gasteiger partial charge in [0.1, 0.15) is 5.69 Å². The van der Waals surface area contributed by atoms with E-state index in [4.69, 9.17) is 0 Å². The van der Waals surface area contributed by atoms with Crippen LogP contribution in [0.5, 0.6) is 0 Å². The van der Waals surface area contributed by atoms with Gasteiger partial charge in [-0.15, -0.1) is 16.8 Å². The lowest BCUT2D eigenvalue weighted by atomic mass is 10.2. The molecule has 6 heteroatoms. The molecule has 0 radical (unpaired) electrons. The van der Waals surface area contributed by atoms with Crippen LogP contribution < -0.4 is 11.0 Å². The number of aromatic nitrogens is 3. The zero-order valence-electron chi connectivity index (χ0n) is 9.45. The third kappa shape index (κ3) is 3.64. The number of aryl methyl sites for hydroxylation is 1. The first kappa shape index (κ1) is 12.1. The zero-order chi connectivity index (χ0) is 12.0. The number of H-pyrrole nitrogens is 1. The van der Waals surface area contributed by atoms with Crippen molar-refractivity contribution in [2.45, 2.75) is 26.7 Å². The monoisotopic (exact) mass is 221 g/mol. The van der Waals surface area contributed by atoms with Crippen LogP contribution in [0.4, 0.5) is 5.95 Å². The fourth-order valence-corrected chi connectivity index (χ4v) is 0.959. The van der Waals surface area contributed by atoms with Crippen LogP contribution in [-0.2, 0) is 0 Å². The van der Waals surface area contributed by atoms with Gasteiger partial charge in [0.25, 0.3) is 5.56 Å². The van der Waals surface area contributed by atoms with Gasteiger partial charge in [-0.3, -0.25) is 9.78 Å². The van der Waals surface area contributed by atoms with E-state index in [1.807, 2.05) is 13.0 Å². The molecule has 0 fully saturated rings. The third-order valence-electron chi connectivity index (χ3n) is 1.92. The molecule has 0 saturated carbocycles. The number of nitrogens with zero attached hydrogens (tertiary/aromatic N) is 3. The molecular weight excluding hydrogens is 206 g/mol. The molecule has 0 saturated heterocycles. The predicted octanol–water partition coefficient (Wildman–Crippen LogP) is 1.23. The second-order valence-corrected chi connectivity index (χ2v) is 3.37. The number of allylic oxidation sites excluding steroid dienone is 1. The van der Waals surface area contributed by atoms with Gasteiger partial charge in [-0.25, -0.2) is 5.43 Å². The number of hydrazone groups is 1. The van der Waals surface area contributed by atoms with Crippen molar-refractivity contribution in [3.05, 3.63) is 28.7 Å². The molecule has 86 valence electrons. The highest BCUT2D eigenvalue weighted by atomic mass is 16.1. The number of rotatable bonds is 5. The molecule has 1 heterocycles. The van der Waals surface area contributed by atoms with Gasteiger partial charge in [-0.1, -0.05) is 6.08 Å². The summed E-state index contributed by atoms with van der Waals surface area (Å²) in [5.41, 5.74) is 3.62. The highest BCUT2D eigenvalue weighted by Gasteiger charge is 1.98. The number of anilines is 1. The Morgan fingerprint density at radius 1 is 1.62 bits per heavy atom. The molecular formula is C10H15N5O. The summed E-state index contributed by atoms with van der Waals surface area (Å²) in [6, 6.07) is 0. The summed E-state index contributed by atoms with van der Waals surface area (Å²) in [5.74, 6) is 0.244. The first-order chi connectivity index (χ1) is 7.63. The Morgan fingerprint density at radius 3 is 3.00 bits per heavy atom. The van der Waals surface area contributed by atoms with Crippen LogP contribution >= 0.6 is 0 Å². The lowest BCUT2D eigenvalue weighted by Crippen LogP contribution is -2.15. The van der Waals surface area contributed by atoms with Crippen molar-refractivity contribution in [3.63, 3.8) is 0 Å². The fraction of sp³-hybridized carbons (Fsp3) is 0.400. The largest absolute Gasteiger partial charge is 0.288 e. The molecule has 0 spiro atoms. The van der Waals surface area contributed by atoms with E-state index in [0.29, 0.717) is 5.69 Å². The fourth-order valence-electron chi connectivity index (χ4n) is 0.959. The topological polar surface area (TPSA) is 83.0 Å². The predicted molar refractivity (Wildman–Crippen MR) is 63.6 cm³/mol. The van der Waals surface area contributed by atoms with Gasteiger partial charge in [0, 0.05) is 5.71 Å². The summed E-state index contributed by atoms with van der Waals surface area (Å²) in [7, 11) is 0. The molecule has 1 rings (SSSR count). The summed E-state index contributed by atoms with van der Waals surface area (Å²) in [4.78, 5) is 13.7. The van der Waals surface area contributed by atoms with Crippen molar-refractivity contribution in [1.82, 2.24) is 15.2 Å². The SMILES string of the molecule is C=CCC/C(C)=N\Nc1nnc(C)c(=O)[nH]1. The Morgan fingerprint density at radius 2 is 2.38 bits per heavy atom. The van der Waals surface area contributed by atoms with Crippen LogP contribution in [-0.4, -0.2) is 20.9 Å². The number of nitrogens with one attached hydrogen (secondary N) is 2. The van der Waals surface area contributed by atoms with E-state index in [2.05, 4.69) is 32.3 Å². The average Bonchev–Trinajstić information content (AvgIpc) is 2.28. The molecule has 1 aromatic heterocycles. The van der Waals surface area contributed by atoms with Gasteiger partial charge in [0.15, 0.2) is 0 Å². The summed E-state index contributed by atoms with van der Waals surface area (Å²) >= 11 is 0. The minimum absolute atomic E-state index is 0.244. The van der Waals surface area contributed by atoms with E-state index in [9.17, 15) is 4.79 Å². The van der Waals surface area contributed by atoms with Gasteiger partial charge < -0.3 is 0 Å². The Bertz CT molecular complexity index is 449. The molecule has 0 aromatic carbocycles. The molecule has 16 heavy (non-hydrogen) atoms. The normalized spacial score (nSPS) is 11.2. The summed E-state index contributed by atoms with van der Waals surface area (Å²) in [6.45, 7) is 7.10. The maximum absolute atomic E-state index is 11.2. The van der Waals surface area contributed by atoms with Crippen LogP contribution in [0.15, 0.2) is 22.6 Å². The summed E-state index contributed by atoms with van der Waals surface area (Å²) in [6.07, 6.45) is 3.51. The van der Waals surface area contributed by atoms with Crippen LogP contribution in [0.25, 0.3) is 0 Å². The minimum Gasteiger partial charge on any atom is -0.288 e. The van der Waals surface area contributed by atoms with Crippen LogP contribution in [0.1, 0.15) is 25.5 Å². The van der Waals surface area contributed by atoms with E-state index < -0.39 is 0 Å². The van der Waals surface area contributed by atoms with Crippen molar-refractivity contribution in [2.24, 2.45) is 5.10 Å². The lowest BCUT2D eigenvalue weighted by Gasteiger charge is -2.00. The number of hydrogen-bond acceptors (Lipinski definition) is 5. The van der Waals surface area contributed by atoms with E-state index in [1.165, 1.54) is 0 Å². The van der Waals surface area contributed by atoms with Crippen LogP contribution in [0.3, 0.4) is 0 Å². The van der Waals surface area contributed by atoms with E-state index in [1.54, 1.807) is 6.92 Å². The van der Waals surface area contributed by atoms with Crippen LogP contribution in [0.2, 0.25) is 0 Å². The maximum Gasteiger partial charge on any atom is 0.274 e. The van der Waals surface area contributed by atoms with Crippen molar-refractivity contribution in [1.29, 1.82) is 0 Å². The van der Waals surface area contributed by atoms with Gasteiger partial charge in [-0.2, -0.15) is 5.10 Å². The van der Waals surface area contributed by atoms with Crippen LogP contribution in [0, 0.1) is 6.92 Å². The van der Waals surface area contributed by atoms with E-state index >= 15 is 0 Å². The Hall–Kier alpha value is -1.98. The first-order valence-electron chi connectivity index (χ1n) is 4.97. The molecule has 6 nitrogen and oxygen atoms in total. The van der Waals surface area contributed by atoms with Gasteiger partial charge in [0.2, 0.25) is 5.95 Å². The second-order valence-electron chi connectivity index (χ2n) is 3.37. The number of hydrogen-bond donors (Lipinski definition) is 2.